The van der Waals surface area contributed by atoms with E-state index < -0.39 is 0 Å². The average molecular weight is 438 g/mol. The second kappa shape index (κ2) is 10.5. The maximum absolute atomic E-state index is 13.9. The lowest BCUT2D eigenvalue weighted by atomic mass is 9.94. The first kappa shape index (κ1) is 22.8. The van der Waals surface area contributed by atoms with E-state index in [1.54, 1.807) is 6.07 Å². The molecule has 2 aromatic rings. The van der Waals surface area contributed by atoms with Gasteiger partial charge in [0.25, 0.3) is 0 Å². The maximum atomic E-state index is 13.9. The first-order valence-corrected chi connectivity index (χ1v) is 12.1. The molecule has 1 amide bonds. The van der Waals surface area contributed by atoms with Crippen molar-refractivity contribution in [3.05, 3.63) is 65.5 Å². The number of nitrogens with zero attached hydrogens (tertiary/aromatic N) is 2. The molecule has 2 aromatic carbocycles. The largest absolute Gasteiger partial charge is 0.371 e. The topological polar surface area (TPSA) is 35.6 Å². The Balaban J connectivity index is 1.25. The highest BCUT2D eigenvalue weighted by Crippen LogP contribution is 2.26. The molecule has 2 heterocycles. The van der Waals surface area contributed by atoms with Crippen LogP contribution < -0.4 is 10.2 Å². The molecule has 0 saturated carbocycles. The quantitative estimate of drug-likeness (QED) is 0.679. The van der Waals surface area contributed by atoms with Crippen molar-refractivity contribution in [3.63, 3.8) is 0 Å². The Morgan fingerprint density at radius 1 is 1.06 bits per heavy atom. The molecule has 0 aromatic heterocycles. The average Bonchev–Trinajstić information content (AvgIpc) is 2.81. The lowest BCUT2D eigenvalue weighted by molar-refractivity contribution is -0.127. The Hall–Kier alpha value is -2.40. The smallest absolute Gasteiger partial charge is 0.223 e. The van der Waals surface area contributed by atoms with E-state index >= 15 is 0 Å². The number of rotatable bonds is 6. The number of carbonyl (C=O) groups is 1. The summed E-state index contributed by atoms with van der Waals surface area (Å²) in [5.41, 5.74) is 3.15. The van der Waals surface area contributed by atoms with E-state index in [0.29, 0.717) is 6.54 Å². The van der Waals surface area contributed by atoms with Crippen LogP contribution in [0.4, 0.5) is 10.1 Å². The second-order valence-electron chi connectivity index (χ2n) is 9.66. The predicted molar refractivity (Wildman–Crippen MR) is 128 cm³/mol. The molecule has 4 nitrogen and oxygen atoms in total. The number of carbonyl (C=O) groups excluding carboxylic acids is 1. The molecular formula is C27H36FN3O. The van der Waals surface area contributed by atoms with E-state index in [1.165, 1.54) is 24.6 Å². The molecule has 0 bridgehead atoms. The normalized spacial score (nSPS) is 21.3. The van der Waals surface area contributed by atoms with Crippen LogP contribution in [0.5, 0.6) is 0 Å². The number of nitrogens with one attached hydrogen (secondary N) is 1. The van der Waals surface area contributed by atoms with Crippen molar-refractivity contribution in [2.45, 2.75) is 52.1 Å². The minimum atomic E-state index is -0.151. The van der Waals surface area contributed by atoms with Gasteiger partial charge in [-0.05, 0) is 75.4 Å². The van der Waals surface area contributed by atoms with Crippen molar-refractivity contribution in [1.82, 2.24) is 10.2 Å². The minimum absolute atomic E-state index is 0.00623. The van der Waals surface area contributed by atoms with Crippen LogP contribution in [-0.4, -0.2) is 37.0 Å². The van der Waals surface area contributed by atoms with Crippen LogP contribution in [0.15, 0.2) is 48.5 Å². The summed E-state index contributed by atoms with van der Waals surface area (Å²) in [6.07, 6.45) is 4.21. The first-order valence-electron chi connectivity index (χ1n) is 12.1. The Kier molecular flexibility index (Phi) is 7.46. The van der Waals surface area contributed by atoms with Gasteiger partial charge in [0.2, 0.25) is 5.91 Å². The van der Waals surface area contributed by atoms with Crippen LogP contribution in [0.2, 0.25) is 0 Å². The van der Waals surface area contributed by atoms with E-state index in [0.717, 1.165) is 56.1 Å². The Bertz CT molecular complexity index is 892. The van der Waals surface area contributed by atoms with Gasteiger partial charge in [0.1, 0.15) is 5.82 Å². The van der Waals surface area contributed by atoms with Gasteiger partial charge in [-0.2, -0.15) is 0 Å². The summed E-state index contributed by atoms with van der Waals surface area (Å²) in [6, 6.07) is 15.6. The summed E-state index contributed by atoms with van der Waals surface area (Å²) in [5.74, 6) is 0.766. The SMILES string of the molecule is C[C@H]1CCCN(c2ccc([C@@H](C)NC(=O)C3CCN(Cc4ccccc4F)CC3)cc2)C1. The van der Waals surface area contributed by atoms with Gasteiger partial charge in [0.15, 0.2) is 0 Å². The third kappa shape index (κ3) is 5.69. The molecule has 2 saturated heterocycles. The highest BCUT2D eigenvalue weighted by atomic mass is 19.1. The molecule has 1 N–H and O–H groups in total. The number of hydrogen-bond donors (Lipinski definition) is 1. The maximum Gasteiger partial charge on any atom is 0.223 e. The molecule has 5 heteroatoms. The lowest BCUT2D eigenvalue weighted by Gasteiger charge is -2.33. The highest BCUT2D eigenvalue weighted by Gasteiger charge is 2.26. The standard InChI is InChI=1S/C27H36FN3O/c1-20-6-5-15-31(18-20)25-11-9-22(10-12-25)21(2)29-27(32)23-13-16-30(17-14-23)19-24-7-3-4-8-26(24)28/h3-4,7-12,20-21,23H,5-6,13-19H2,1-2H3,(H,29,32)/t20-,21+/m0/s1. The van der Waals surface area contributed by atoms with Gasteiger partial charge in [0, 0.05) is 36.8 Å². The zero-order valence-corrected chi connectivity index (χ0v) is 19.4. The van der Waals surface area contributed by atoms with Gasteiger partial charge in [-0.25, -0.2) is 4.39 Å². The summed E-state index contributed by atoms with van der Waals surface area (Å²) in [7, 11) is 0. The van der Waals surface area contributed by atoms with Crippen molar-refractivity contribution < 1.29 is 9.18 Å². The fourth-order valence-electron chi connectivity index (χ4n) is 5.03. The summed E-state index contributed by atoms with van der Waals surface area (Å²) in [4.78, 5) is 17.6. The van der Waals surface area contributed by atoms with Crippen LogP contribution in [0.3, 0.4) is 0 Å². The number of halogens is 1. The minimum Gasteiger partial charge on any atom is -0.371 e. The van der Waals surface area contributed by atoms with Crippen LogP contribution >= 0.6 is 0 Å². The molecule has 2 aliphatic heterocycles. The van der Waals surface area contributed by atoms with Gasteiger partial charge in [-0.1, -0.05) is 37.3 Å². The van der Waals surface area contributed by atoms with Crippen molar-refractivity contribution in [2.75, 3.05) is 31.1 Å². The number of hydrogen-bond acceptors (Lipinski definition) is 3. The molecule has 2 aliphatic rings. The molecule has 32 heavy (non-hydrogen) atoms. The number of likely N-dealkylation sites (tertiary alicyclic amines) is 1. The van der Waals surface area contributed by atoms with Crippen LogP contribution in [0.1, 0.15) is 56.7 Å². The second-order valence-corrected chi connectivity index (χ2v) is 9.66. The summed E-state index contributed by atoms with van der Waals surface area (Å²) in [6.45, 7) is 8.89. The zero-order valence-electron chi connectivity index (χ0n) is 19.4. The summed E-state index contributed by atoms with van der Waals surface area (Å²) < 4.78 is 13.9. The molecule has 0 aliphatic carbocycles. The fraction of sp³-hybridized carbons (Fsp3) is 0.519. The molecule has 0 radical (unpaired) electrons. The van der Waals surface area contributed by atoms with Gasteiger partial charge >= 0.3 is 0 Å². The molecule has 4 rings (SSSR count). The number of piperidine rings is 2. The number of amides is 1. The number of anilines is 1. The van der Waals surface area contributed by atoms with Crippen LogP contribution in [0.25, 0.3) is 0 Å². The fourth-order valence-corrected chi connectivity index (χ4v) is 5.03. The van der Waals surface area contributed by atoms with Crippen molar-refractivity contribution in [1.29, 1.82) is 0 Å². The van der Waals surface area contributed by atoms with E-state index in [2.05, 4.69) is 53.2 Å². The van der Waals surface area contributed by atoms with Gasteiger partial charge in [-0.3, -0.25) is 9.69 Å². The summed E-state index contributed by atoms with van der Waals surface area (Å²) >= 11 is 0. The molecule has 2 fully saturated rings. The highest BCUT2D eigenvalue weighted by molar-refractivity contribution is 5.79. The number of benzene rings is 2. The van der Waals surface area contributed by atoms with E-state index in [9.17, 15) is 9.18 Å². The van der Waals surface area contributed by atoms with Crippen LogP contribution in [0, 0.1) is 17.7 Å². The first-order chi connectivity index (χ1) is 15.5. The predicted octanol–water partition coefficient (Wildman–Crippen LogP) is 5.15. The third-order valence-corrected chi connectivity index (χ3v) is 7.08. The zero-order chi connectivity index (χ0) is 22.5. The molecule has 0 unspecified atom stereocenters. The molecular weight excluding hydrogens is 401 g/mol. The molecule has 0 spiro atoms. The molecule has 2 atom stereocenters. The molecule has 172 valence electrons. The van der Waals surface area contributed by atoms with Gasteiger partial charge in [-0.15, -0.1) is 0 Å². The Labute approximate surface area is 191 Å². The lowest BCUT2D eigenvalue weighted by Crippen LogP contribution is -2.41. The van der Waals surface area contributed by atoms with Crippen molar-refractivity contribution in [3.8, 4) is 0 Å². The summed E-state index contributed by atoms with van der Waals surface area (Å²) in [5, 5.41) is 3.21. The van der Waals surface area contributed by atoms with E-state index in [1.807, 2.05) is 12.1 Å². The monoisotopic (exact) mass is 437 g/mol. The van der Waals surface area contributed by atoms with Crippen molar-refractivity contribution in [2.24, 2.45) is 11.8 Å². The van der Waals surface area contributed by atoms with E-state index in [-0.39, 0.29) is 23.7 Å². The Morgan fingerprint density at radius 2 is 1.78 bits per heavy atom. The van der Waals surface area contributed by atoms with Gasteiger partial charge < -0.3 is 10.2 Å². The van der Waals surface area contributed by atoms with Gasteiger partial charge in [0.05, 0.1) is 6.04 Å². The van der Waals surface area contributed by atoms with Crippen molar-refractivity contribution >= 4 is 11.6 Å². The van der Waals surface area contributed by atoms with E-state index in [4.69, 9.17) is 0 Å². The van der Waals surface area contributed by atoms with Crippen LogP contribution in [-0.2, 0) is 11.3 Å². The Morgan fingerprint density at radius 3 is 2.47 bits per heavy atom. The third-order valence-electron chi connectivity index (χ3n) is 7.08.